The number of hydrogen-bond donors (Lipinski definition) is 2. The van der Waals surface area contributed by atoms with E-state index in [9.17, 15) is 0 Å². The van der Waals surface area contributed by atoms with Crippen molar-refractivity contribution in [3.8, 4) is 0 Å². The lowest BCUT2D eigenvalue weighted by Crippen LogP contribution is -2.17. The summed E-state index contributed by atoms with van der Waals surface area (Å²) < 4.78 is 0. The van der Waals surface area contributed by atoms with Gasteiger partial charge in [0, 0.05) is 24.2 Å². The highest BCUT2D eigenvalue weighted by Gasteiger charge is 2.06. The third-order valence-electron chi connectivity index (χ3n) is 2.68. The van der Waals surface area contributed by atoms with Crippen LogP contribution in [0.5, 0.6) is 0 Å². The standard InChI is InChI=1S/C12H17N5S/c1-9-11(18-8-15-9)7-17(2)6-10-3-4-14-12(5-10)16-13/h3-5,8H,6-7,13H2,1-2H3,(H,14,16). The second kappa shape index (κ2) is 5.90. The van der Waals surface area contributed by atoms with Gasteiger partial charge in [0.2, 0.25) is 0 Å². The van der Waals surface area contributed by atoms with Crippen LogP contribution in [-0.4, -0.2) is 21.9 Å². The van der Waals surface area contributed by atoms with Gasteiger partial charge in [-0.05, 0) is 31.7 Å². The molecule has 0 saturated carbocycles. The van der Waals surface area contributed by atoms with Gasteiger partial charge in [-0.3, -0.25) is 4.90 Å². The average Bonchev–Trinajstić information content (AvgIpc) is 2.75. The highest BCUT2D eigenvalue weighted by atomic mass is 32.1. The largest absolute Gasteiger partial charge is 0.308 e. The first kappa shape index (κ1) is 12.9. The molecule has 3 N–H and O–H groups in total. The zero-order valence-electron chi connectivity index (χ0n) is 10.6. The Morgan fingerprint density at radius 2 is 2.22 bits per heavy atom. The van der Waals surface area contributed by atoms with E-state index in [2.05, 4.69) is 27.3 Å². The predicted octanol–water partition coefficient (Wildman–Crippen LogP) is 1.76. The molecule has 0 aliphatic carbocycles. The fraction of sp³-hybridized carbons (Fsp3) is 0.333. The molecule has 18 heavy (non-hydrogen) atoms. The summed E-state index contributed by atoms with van der Waals surface area (Å²) in [6.07, 6.45) is 1.76. The van der Waals surface area contributed by atoms with Crippen LogP contribution in [0.15, 0.2) is 23.8 Å². The second-order valence-electron chi connectivity index (χ2n) is 4.23. The molecular formula is C12H17N5S. The van der Waals surface area contributed by atoms with E-state index in [0.29, 0.717) is 5.82 Å². The molecule has 0 spiro atoms. The molecule has 0 aromatic carbocycles. The SMILES string of the molecule is Cc1ncsc1CN(C)Cc1ccnc(NN)c1. The van der Waals surface area contributed by atoms with E-state index < -0.39 is 0 Å². The summed E-state index contributed by atoms with van der Waals surface area (Å²) in [5.74, 6) is 6.04. The molecule has 6 heteroatoms. The van der Waals surface area contributed by atoms with Crippen LogP contribution in [0, 0.1) is 6.92 Å². The lowest BCUT2D eigenvalue weighted by Gasteiger charge is -2.16. The van der Waals surface area contributed by atoms with Crippen molar-refractivity contribution in [3.05, 3.63) is 40.0 Å². The van der Waals surface area contributed by atoms with E-state index in [1.165, 1.54) is 10.4 Å². The van der Waals surface area contributed by atoms with Crippen molar-refractivity contribution < 1.29 is 0 Å². The summed E-state index contributed by atoms with van der Waals surface area (Å²) in [5, 5.41) is 0. The number of anilines is 1. The number of nitrogen functional groups attached to an aromatic ring is 1. The van der Waals surface area contributed by atoms with Gasteiger partial charge in [-0.15, -0.1) is 11.3 Å². The Bertz CT molecular complexity index is 511. The van der Waals surface area contributed by atoms with Crippen molar-refractivity contribution in [3.63, 3.8) is 0 Å². The first-order chi connectivity index (χ1) is 8.69. The number of rotatable bonds is 5. The molecule has 0 unspecified atom stereocenters. The van der Waals surface area contributed by atoms with Crippen LogP contribution in [0.1, 0.15) is 16.1 Å². The molecule has 96 valence electrons. The van der Waals surface area contributed by atoms with Crippen LogP contribution in [0.25, 0.3) is 0 Å². The summed E-state index contributed by atoms with van der Waals surface area (Å²) in [5.41, 5.74) is 6.75. The lowest BCUT2D eigenvalue weighted by atomic mass is 10.2. The number of nitrogens with one attached hydrogen (secondary N) is 1. The molecule has 0 saturated heterocycles. The van der Waals surface area contributed by atoms with Crippen molar-refractivity contribution in [1.82, 2.24) is 14.9 Å². The van der Waals surface area contributed by atoms with Gasteiger partial charge in [0.1, 0.15) is 5.82 Å². The molecule has 2 aromatic heterocycles. The first-order valence-electron chi connectivity index (χ1n) is 5.68. The maximum absolute atomic E-state index is 5.35. The zero-order valence-corrected chi connectivity index (χ0v) is 11.4. The van der Waals surface area contributed by atoms with Crippen LogP contribution >= 0.6 is 11.3 Å². The van der Waals surface area contributed by atoms with Gasteiger partial charge in [0.05, 0.1) is 11.2 Å². The summed E-state index contributed by atoms with van der Waals surface area (Å²) in [7, 11) is 2.09. The molecule has 2 aromatic rings. The quantitative estimate of drug-likeness (QED) is 0.635. The Morgan fingerprint density at radius 3 is 2.89 bits per heavy atom. The number of aromatic nitrogens is 2. The minimum Gasteiger partial charge on any atom is -0.308 e. The number of nitrogens with two attached hydrogens (primary N) is 1. The summed E-state index contributed by atoms with van der Waals surface area (Å²) >= 11 is 1.70. The Balaban J connectivity index is 1.98. The molecule has 0 radical (unpaired) electrons. The van der Waals surface area contributed by atoms with Crippen LogP contribution in [-0.2, 0) is 13.1 Å². The highest BCUT2D eigenvalue weighted by molar-refractivity contribution is 7.09. The molecule has 0 atom stereocenters. The van der Waals surface area contributed by atoms with Crippen molar-refractivity contribution in [2.45, 2.75) is 20.0 Å². The van der Waals surface area contributed by atoms with E-state index in [1.807, 2.05) is 24.6 Å². The Labute approximate surface area is 111 Å². The number of thiazole rings is 1. The molecule has 0 bridgehead atoms. The molecular weight excluding hydrogens is 246 g/mol. The fourth-order valence-corrected chi connectivity index (χ4v) is 2.60. The van der Waals surface area contributed by atoms with Gasteiger partial charge in [-0.25, -0.2) is 15.8 Å². The maximum Gasteiger partial charge on any atom is 0.140 e. The van der Waals surface area contributed by atoms with Crippen molar-refractivity contribution in [1.29, 1.82) is 0 Å². The Morgan fingerprint density at radius 1 is 1.39 bits per heavy atom. The van der Waals surface area contributed by atoms with Gasteiger partial charge >= 0.3 is 0 Å². The van der Waals surface area contributed by atoms with Crippen molar-refractivity contribution in [2.24, 2.45) is 5.84 Å². The molecule has 0 fully saturated rings. The van der Waals surface area contributed by atoms with Crippen LogP contribution in [0.2, 0.25) is 0 Å². The summed E-state index contributed by atoms with van der Waals surface area (Å²) in [4.78, 5) is 11.9. The van der Waals surface area contributed by atoms with Crippen LogP contribution < -0.4 is 11.3 Å². The van der Waals surface area contributed by atoms with Gasteiger partial charge in [0.15, 0.2) is 0 Å². The minimum atomic E-state index is 0.690. The molecule has 5 nitrogen and oxygen atoms in total. The zero-order chi connectivity index (χ0) is 13.0. The number of nitrogens with zero attached hydrogens (tertiary/aromatic N) is 3. The van der Waals surface area contributed by atoms with Crippen molar-refractivity contribution >= 4 is 17.2 Å². The molecule has 0 amide bonds. The fourth-order valence-electron chi connectivity index (χ4n) is 1.74. The van der Waals surface area contributed by atoms with Crippen molar-refractivity contribution in [2.75, 3.05) is 12.5 Å². The first-order valence-corrected chi connectivity index (χ1v) is 6.56. The van der Waals surface area contributed by atoms with Gasteiger partial charge in [-0.1, -0.05) is 0 Å². The number of hydrogen-bond acceptors (Lipinski definition) is 6. The highest BCUT2D eigenvalue weighted by Crippen LogP contribution is 2.16. The maximum atomic E-state index is 5.35. The predicted molar refractivity (Wildman–Crippen MR) is 74.1 cm³/mol. The van der Waals surface area contributed by atoms with E-state index in [4.69, 9.17) is 5.84 Å². The Hall–Kier alpha value is -1.50. The number of pyridine rings is 1. The summed E-state index contributed by atoms with van der Waals surface area (Å²) in [6, 6.07) is 3.95. The molecule has 2 heterocycles. The van der Waals surface area contributed by atoms with Gasteiger partial charge in [-0.2, -0.15) is 0 Å². The van der Waals surface area contributed by atoms with Crippen LogP contribution in [0.3, 0.4) is 0 Å². The van der Waals surface area contributed by atoms with E-state index in [0.717, 1.165) is 18.8 Å². The van der Waals surface area contributed by atoms with E-state index >= 15 is 0 Å². The van der Waals surface area contributed by atoms with Gasteiger partial charge < -0.3 is 5.43 Å². The minimum absolute atomic E-state index is 0.690. The normalized spacial score (nSPS) is 10.9. The van der Waals surface area contributed by atoms with E-state index in [-0.39, 0.29) is 0 Å². The topological polar surface area (TPSA) is 67.1 Å². The smallest absolute Gasteiger partial charge is 0.140 e. The molecule has 0 aliphatic heterocycles. The van der Waals surface area contributed by atoms with Gasteiger partial charge in [0.25, 0.3) is 0 Å². The third-order valence-corrected chi connectivity index (χ3v) is 3.60. The Kier molecular flexibility index (Phi) is 4.24. The molecule has 0 aliphatic rings. The van der Waals surface area contributed by atoms with E-state index in [1.54, 1.807) is 17.5 Å². The monoisotopic (exact) mass is 263 g/mol. The lowest BCUT2D eigenvalue weighted by molar-refractivity contribution is 0.321. The number of aryl methyl sites for hydroxylation is 1. The second-order valence-corrected chi connectivity index (χ2v) is 5.17. The third kappa shape index (κ3) is 3.25. The van der Waals surface area contributed by atoms with Crippen LogP contribution in [0.4, 0.5) is 5.82 Å². The average molecular weight is 263 g/mol. The number of hydrazine groups is 1. The molecule has 2 rings (SSSR count). The summed E-state index contributed by atoms with van der Waals surface area (Å²) in [6.45, 7) is 3.81.